The van der Waals surface area contributed by atoms with E-state index in [0.717, 1.165) is 0 Å². The van der Waals surface area contributed by atoms with Crippen LogP contribution in [0.2, 0.25) is 0 Å². The van der Waals surface area contributed by atoms with Crippen molar-refractivity contribution in [1.29, 1.82) is 0 Å². The lowest BCUT2D eigenvalue weighted by atomic mass is 10.1. The third kappa shape index (κ3) is 3.01. The fourth-order valence-electron chi connectivity index (χ4n) is 0.990. The highest BCUT2D eigenvalue weighted by molar-refractivity contribution is 6.18. The molecule has 1 atom stereocenters. The normalized spacial score (nSPS) is 12.1. The van der Waals surface area contributed by atoms with Crippen LogP contribution in [0.5, 0.6) is 0 Å². The van der Waals surface area contributed by atoms with Crippen molar-refractivity contribution in [1.82, 2.24) is 0 Å². The summed E-state index contributed by atoms with van der Waals surface area (Å²) in [6.45, 7) is 0.115. The van der Waals surface area contributed by atoms with Crippen LogP contribution in [0.25, 0.3) is 0 Å². The molecule has 0 bridgehead atoms. The Labute approximate surface area is 87.3 Å². The minimum absolute atomic E-state index is 0.115. The number of benzene rings is 1. The van der Waals surface area contributed by atoms with E-state index >= 15 is 0 Å². The summed E-state index contributed by atoms with van der Waals surface area (Å²) in [5.41, 5.74) is 0.520. The van der Waals surface area contributed by atoms with Gasteiger partial charge in [0.2, 0.25) is 0 Å². The topological polar surface area (TPSA) is 46.5 Å². The highest BCUT2D eigenvalue weighted by atomic mass is 35.5. The molecule has 1 unspecified atom stereocenters. The van der Waals surface area contributed by atoms with E-state index in [2.05, 4.69) is 4.74 Å². The average molecular weight is 215 g/mol. The summed E-state index contributed by atoms with van der Waals surface area (Å²) >= 11 is 5.34. The average Bonchev–Trinajstić information content (AvgIpc) is 2.26. The van der Waals surface area contributed by atoms with Crippen LogP contribution >= 0.6 is 11.6 Å². The molecule has 0 heterocycles. The second-order valence-corrected chi connectivity index (χ2v) is 3.05. The second-order valence-electron chi connectivity index (χ2n) is 2.67. The number of ether oxygens (including phenoxy) is 1. The van der Waals surface area contributed by atoms with E-state index in [1.165, 1.54) is 0 Å². The van der Waals surface area contributed by atoms with Crippen LogP contribution in [0, 0.1) is 0 Å². The van der Waals surface area contributed by atoms with Gasteiger partial charge in [-0.2, -0.15) is 0 Å². The summed E-state index contributed by atoms with van der Waals surface area (Å²) in [4.78, 5) is 11.2. The highest BCUT2D eigenvalue weighted by Gasteiger charge is 2.17. The molecule has 0 amide bonds. The third-order valence-corrected chi connectivity index (χ3v) is 1.81. The van der Waals surface area contributed by atoms with Crippen molar-refractivity contribution in [3.05, 3.63) is 35.9 Å². The van der Waals surface area contributed by atoms with Crippen molar-refractivity contribution >= 4 is 17.6 Å². The Kier molecular flexibility index (Phi) is 4.43. The Balaban J connectivity index is 2.57. The lowest BCUT2D eigenvalue weighted by molar-refractivity contribution is -0.153. The van der Waals surface area contributed by atoms with Gasteiger partial charge in [0.25, 0.3) is 0 Å². The van der Waals surface area contributed by atoms with Crippen LogP contribution in [-0.4, -0.2) is 23.6 Å². The Morgan fingerprint density at radius 3 is 2.64 bits per heavy atom. The number of halogens is 1. The van der Waals surface area contributed by atoms with E-state index in [1.807, 2.05) is 0 Å². The van der Waals surface area contributed by atoms with E-state index in [9.17, 15) is 9.90 Å². The van der Waals surface area contributed by atoms with Gasteiger partial charge in [-0.25, -0.2) is 4.79 Å². The van der Waals surface area contributed by atoms with Crippen LogP contribution in [-0.2, 0) is 9.53 Å². The number of carbonyl (C=O) groups is 1. The minimum Gasteiger partial charge on any atom is -0.462 e. The first kappa shape index (κ1) is 11.0. The highest BCUT2D eigenvalue weighted by Crippen LogP contribution is 2.13. The fraction of sp³-hybridized carbons (Fsp3) is 0.300. The molecule has 0 saturated carbocycles. The first-order chi connectivity index (χ1) is 6.75. The maximum Gasteiger partial charge on any atom is 0.339 e. The Morgan fingerprint density at radius 1 is 1.43 bits per heavy atom. The molecular formula is C10H11ClO3. The number of aliphatic hydroxyl groups is 1. The number of aliphatic hydroxyl groups excluding tert-OH is 1. The van der Waals surface area contributed by atoms with Crippen molar-refractivity contribution in [2.75, 3.05) is 12.5 Å². The van der Waals surface area contributed by atoms with Gasteiger partial charge in [0.1, 0.15) is 6.61 Å². The van der Waals surface area contributed by atoms with E-state index in [0.29, 0.717) is 5.56 Å². The zero-order valence-corrected chi connectivity index (χ0v) is 8.28. The van der Waals surface area contributed by atoms with Gasteiger partial charge in [0.05, 0.1) is 5.88 Å². The standard InChI is InChI=1S/C10H11ClO3/c11-6-7-14-10(13)9(12)8-4-2-1-3-5-8/h1-5,9,12H,6-7H2. The van der Waals surface area contributed by atoms with Gasteiger partial charge in [0.15, 0.2) is 6.10 Å². The van der Waals surface area contributed by atoms with Crippen molar-refractivity contribution in [2.45, 2.75) is 6.10 Å². The number of hydrogen-bond donors (Lipinski definition) is 1. The molecule has 4 heteroatoms. The van der Waals surface area contributed by atoms with Crippen molar-refractivity contribution < 1.29 is 14.6 Å². The van der Waals surface area contributed by atoms with Crippen LogP contribution in [0.15, 0.2) is 30.3 Å². The molecule has 1 rings (SSSR count). The largest absolute Gasteiger partial charge is 0.462 e. The number of hydrogen-bond acceptors (Lipinski definition) is 3. The van der Waals surface area contributed by atoms with Crippen LogP contribution < -0.4 is 0 Å². The second kappa shape index (κ2) is 5.62. The van der Waals surface area contributed by atoms with Gasteiger partial charge in [0, 0.05) is 0 Å². The van der Waals surface area contributed by atoms with E-state index < -0.39 is 12.1 Å². The van der Waals surface area contributed by atoms with Gasteiger partial charge >= 0.3 is 5.97 Å². The molecule has 0 aliphatic carbocycles. The summed E-state index contributed by atoms with van der Waals surface area (Å²) in [7, 11) is 0. The van der Waals surface area contributed by atoms with E-state index in [1.54, 1.807) is 30.3 Å². The molecule has 76 valence electrons. The van der Waals surface area contributed by atoms with Crippen LogP contribution in [0.3, 0.4) is 0 Å². The van der Waals surface area contributed by atoms with Gasteiger partial charge in [-0.15, -0.1) is 11.6 Å². The SMILES string of the molecule is O=C(OCCCl)C(O)c1ccccc1. The van der Waals surface area contributed by atoms with Crippen LogP contribution in [0.4, 0.5) is 0 Å². The maximum atomic E-state index is 11.2. The van der Waals surface area contributed by atoms with Gasteiger partial charge < -0.3 is 9.84 Å². The predicted octanol–water partition coefficient (Wildman–Crippen LogP) is 1.50. The summed E-state index contributed by atoms with van der Waals surface area (Å²) in [6.07, 6.45) is -1.22. The minimum atomic E-state index is -1.22. The third-order valence-electron chi connectivity index (χ3n) is 1.66. The molecule has 3 nitrogen and oxygen atoms in total. The lowest BCUT2D eigenvalue weighted by Gasteiger charge is -2.09. The molecule has 1 N–H and O–H groups in total. The summed E-state index contributed by atoms with van der Waals surface area (Å²) in [5.74, 6) is -0.440. The van der Waals surface area contributed by atoms with E-state index in [-0.39, 0.29) is 12.5 Å². The molecular weight excluding hydrogens is 204 g/mol. The first-order valence-electron chi connectivity index (χ1n) is 4.21. The van der Waals surface area contributed by atoms with Crippen molar-refractivity contribution in [3.8, 4) is 0 Å². The monoisotopic (exact) mass is 214 g/mol. The summed E-state index contributed by atoms with van der Waals surface area (Å²) < 4.78 is 4.69. The molecule has 0 radical (unpaired) electrons. The molecule has 14 heavy (non-hydrogen) atoms. The Morgan fingerprint density at radius 2 is 2.07 bits per heavy atom. The van der Waals surface area contributed by atoms with Crippen molar-refractivity contribution in [2.24, 2.45) is 0 Å². The fourth-order valence-corrected chi connectivity index (χ4v) is 1.07. The van der Waals surface area contributed by atoms with Crippen molar-refractivity contribution in [3.63, 3.8) is 0 Å². The lowest BCUT2D eigenvalue weighted by Crippen LogP contribution is -2.16. The van der Waals surface area contributed by atoms with Gasteiger partial charge in [-0.05, 0) is 5.56 Å². The summed E-state index contributed by atoms with van der Waals surface area (Å²) in [6, 6.07) is 8.61. The number of carbonyl (C=O) groups excluding carboxylic acids is 1. The number of alkyl halides is 1. The quantitative estimate of drug-likeness (QED) is 0.611. The molecule has 0 spiro atoms. The molecule has 0 fully saturated rings. The summed E-state index contributed by atoms with van der Waals surface area (Å²) in [5, 5.41) is 9.50. The molecule has 0 saturated heterocycles. The number of rotatable bonds is 4. The van der Waals surface area contributed by atoms with Gasteiger partial charge in [-0.1, -0.05) is 30.3 Å². The Hall–Kier alpha value is -1.06. The van der Waals surface area contributed by atoms with Gasteiger partial charge in [-0.3, -0.25) is 0 Å². The molecule has 0 aliphatic heterocycles. The van der Waals surface area contributed by atoms with E-state index in [4.69, 9.17) is 11.6 Å². The Bertz CT molecular complexity index is 287. The maximum absolute atomic E-state index is 11.2. The molecule has 1 aromatic rings. The number of esters is 1. The molecule has 0 aromatic heterocycles. The smallest absolute Gasteiger partial charge is 0.339 e. The predicted molar refractivity (Wildman–Crippen MR) is 53.1 cm³/mol. The first-order valence-corrected chi connectivity index (χ1v) is 4.74. The zero-order valence-electron chi connectivity index (χ0n) is 7.52. The molecule has 0 aliphatic rings. The van der Waals surface area contributed by atoms with Crippen LogP contribution in [0.1, 0.15) is 11.7 Å². The zero-order chi connectivity index (χ0) is 10.4. The molecule has 1 aromatic carbocycles.